The highest BCUT2D eigenvalue weighted by Gasteiger charge is 2.35. The molecule has 0 saturated heterocycles. The maximum absolute atomic E-state index is 13.0. The second-order valence-electron chi connectivity index (χ2n) is 5.25. The number of hydrogen-bond donors (Lipinski definition) is 1. The fourth-order valence-corrected chi connectivity index (χ4v) is 2.21. The Morgan fingerprint density at radius 1 is 1.14 bits per heavy atom. The molecule has 0 aliphatic heterocycles. The zero-order valence-corrected chi connectivity index (χ0v) is 11.9. The Morgan fingerprint density at radius 3 is 2.59 bits per heavy atom. The summed E-state index contributed by atoms with van der Waals surface area (Å²) in [5, 5.41) is 0.726. The molecule has 0 aliphatic carbocycles. The first-order chi connectivity index (χ1) is 10.4. The number of alkyl halides is 3. The van der Waals surface area contributed by atoms with Gasteiger partial charge in [0, 0.05) is 29.0 Å². The van der Waals surface area contributed by atoms with Crippen molar-refractivity contribution in [3.05, 3.63) is 42.1 Å². The van der Waals surface area contributed by atoms with Crippen LogP contribution in [0.1, 0.15) is 31.3 Å². The molecule has 3 rings (SSSR count). The highest BCUT2D eigenvalue weighted by atomic mass is 19.4. The third kappa shape index (κ3) is 2.54. The first-order valence-corrected chi connectivity index (χ1v) is 6.75. The molecule has 0 saturated carbocycles. The second-order valence-corrected chi connectivity index (χ2v) is 5.25. The van der Waals surface area contributed by atoms with Gasteiger partial charge in [-0.05, 0) is 24.1 Å². The summed E-state index contributed by atoms with van der Waals surface area (Å²) in [7, 11) is 0. The molecule has 0 fully saturated rings. The molecule has 0 bridgehead atoms. The monoisotopic (exact) mass is 306 g/mol. The van der Waals surface area contributed by atoms with Gasteiger partial charge >= 0.3 is 6.18 Å². The molecule has 3 heterocycles. The van der Waals surface area contributed by atoms with Gasteiger partial charge in [0.1, 0.15) is 5.65 Å². The van der Waals surface area contributed by atoms with Gasteiger partial charge in [-0.1, -0.05) is 13.8 Å². The van der Waals surface area contributed by atoms with E-state index in [9.17, 15) is 13.2 Å². The van der Waals surface area contributed by atoms with E-state index < -0.39 is 12.0 Å². The lowest BCUT2D eigenvalue weighted by Gasteiger charge is -2.12. The number of pyridine rings is 1. The predicted octanol–water partition coefficient (Wildman–Crippen LogP) is 4.16. The van der Waals surface area contributed by atoms with E-state index in [4.69, 9.17) is 0 Å². The molecule has 0 spiro atoms. The van der Waals surface area contributed by atoms with Crippen LogP contribution >= 0.6 is 0 Å². The maximum Gasteiger partial charge on any atom is 0.451 e. The number of nitrogens with zero attached hydrogens (tertiary/aromatic N) is 3. The number of halogens is 3. The largest absolute Gasteiger partial charge is 0.451 e. The van der Waals surface area contributed by atoms with E-state index >= 15 is 0 Å². The van der Waals surface area contributed by atoms with E-state index in [-0.39, 0.29) is 11.6 Å². The first-order valence-electron chi connectivity index (χ1n) is 6.75. The number of fused-ring (bicyclic) bond motifs is 1. The molecule has 0 radical (unpaired) electrons. The fraction of sp³-hybridized carbons (Fsp3) is 0.267. The van der Waals surface area contributed by atoms with Crippen molar-refractivity contribution in [1.29, 1.82) is 0 Å². The summed E-state index contributed by atoms with van der Waals surface area (Å²) in [5.41, 5.74) is 1.81. The van der Waals surface area contributed by atoms with E-state index in [1.165, 1.54) is 0 Å². The van der Waals surface area contributed by atoms with E-state index in [1.54, 1.807) is 44.4 Å². The van der Waals surface area contributed by atoms with Crippen molar-refractivity contribution in [2.75, 3.05) is 0 Å². The molecular formula is C15H13F3N4. The molecule has 22 heavy (non-hydrogen) atoms. The summed E-state index contributed by atoms with van der Waals surface area (Å²) in [5.74, 6) is -1.25. The van der Waals surface area contributed by atoms with Crippen LogP contribution in [0.2, 0.25) is 0 Å². The molecule has 0 aromatic carbocycles. The van der Waals surface area contributed by atoms with Gasteiger partial charge in [0.15, 0.2) is 0 Å². The van der Waals surface area contributed by atoms with Crippen LogP contribution in [0.5, 0.6) is 0 Å². The van der Waals surface area contributed by atoms with Crippen molar-refractivity contribution >= 4 is 11.0 Å². The van der Waals surface area contributed by atoms with Crippen molar-refractivity contribution in [2.45, 2.75) is 25.9 Å². The summed E-state index contributed by atoms with van der Waals surface area (Å²) in [6, 6.07) is 5.02. The van der Waals surface area contributed by atoms with Gasteiger partial charge in [-0.25, -0.2) is 15.0 Å². The molecule has 0 amide bonds. The average Bonchev–Trinajstić information content (AvgIpc) is 2.94. The Kier molecular flexibility index (Phi) is 3.35. The minimum absolute atomic E-state index is 0.133. The summed E-state index contributed by atoms with van der Waals surface area (Å²) >= 11 is 0. The molecule has 0 aliphatic rings. The van der Waals surface area contributed by atoms with E-state index in [1.807, 2.05) is 0 Å². The SMILES string of the molecule is CC(C)c1cc(-c2ccnc3[nH]ccc23)nc(C(F)(F)F)n1. The molecule has 0 unspecified atom stereocenters. The second kappa shape index (κ2) is 5.08. The van der Waals surface area contributed by atoms with Crippen molar-refractivity contribution in [2.24, 2.45) is 0 Å². The van der Waals surface area contributed by atoms with Crippen LogP contribution in [0.25, 0.3) is 22.3 Å². The van der Waals surface area contributed by atoms with Crippen LogP contribution in [-0.4, -0.2) is 19.9 Å². The van der Waals surface area contributed by atoms with Crippen molar-refractivity contribution in [3.8, 4) is 11.3 Å². The number of aromatic nitrogens is 4. The normalized spacial score (nSPS) is 12.3. The fourth-order valence-electron chi connectivity index (χ4n) is 2.21. The summed E-state index contributed by atoms with van der Waals surface area (Å²) in [4.78, 5) is 14.4. The number of nitrogens with one attached hydrogen (secondary N) is 1. The Bertz CT molecular complexity index is 821. The van der Waals surface area contributed by atoms with Gasteiger partial charge in [-0.15, -0.1) is 0 Å². The van der Waals surface area contributed by atoms with Crippen LogP contribution in [0, 0.1) is 0 Å². The first kappa shape index (κ1) is 14.5. The number of rotatable bonds is 2. The molecule has 4 nitrogen and oxygen atoms in total. The van der Waals surface area contributed by atoms with Gasteiger partial charge in [0.25, 0.3) is 0 Å². The molecule has 1 N–H and O–H groups in total. The number of aromatic amines is 1. The smallest absolute Gasteiger partial charge is 0.346 e. The Morgan fingerprint density at radius 2 is 1.91 bits per heavy atom. The van der Waals surface area contributed by atoms with Crippen LogP contribution in [0.15, 0.2) is 30.6 Å². The molecule has 3 aromatic rings. The van der Waals surface area contributed by atoms with Gasteiger partial charge in [-0.2, -0.15) is 13.2 Å². The van der Waals surface area contributed by atoms with Crippen LogP contribution in [0.4, 0.5) is 13.2 Å². The lowest BCUT2D eigenvalue weighted by atomic mass is 10.0. The molecular weight excluding hydrogens is 293 g/mol. The van der Waals surface area contributed by atoms with E-state index in [0.29, 0.717) is 16.9 Å². The van der Waals surface area contributed by atoms with E-state index in [2.05, 4.69) is 19.9 Å². The van der Waals surface area contributed by atoms with Crippen LogP contribution < -0.4 is 0 Å². The predicted molar refractivity (Wildman–Crippen MR) is 76.2 cm³/mol. The lowest BCUT2D eigenvalue weighted by molar-refractivity contribution is -0.145. The van der Waals surface area contributed by atoms with Gasteiger partial charge < -0.3 is 4.98 Å². The molecule has 3 aromatic heterocycles. The van der Waals surface area contributed by atoms with Crippen molar-refractivity contribution in [3.63, 3.8) is 0 Å². The Labute approximate surface area is 124 Å². The third-order valence-electron chi connectivity index (χ3n) is 3.33. The highest BCUT2D eigenvalue weighted by molar-refractivity contribution is 5.91. The quantitative estimate of drug-likeness (QED) is 0.773. The highest BCUT2D eigenvalue weighted by Crippen LogP contribution is 2.32. The van der Waals surface area contributed by atoms with E-state index in [0.717, 1.165) is 5.39 Å². The summed E-state index contributed by atoms with van der Waals surface area (Å²) in [6.07, 6.45) is -1.35. The average molecular weight is 306 g/mol. The van der Waals surface area contributed by atoms with Crippen molar-refractivity contribution < 1.29 is 13.2 Å². The zero-order chi connectivity index (χ0) is 15.9. The number of hydrogen-bond acceptors (Lipinski definition) is 3. The molecule has 114 valence electrons. The maximum atomic E-state index is 13.0. The van der Waals surface area contributed by atoms with Crippen LogP contribution in [0.3, 0.4) is 0 Å². The third-order valence-corrected chi connectivity index (χ3v) is 3.33. The summed E-state index contributed by atoms with van der Waals surface area (Å²) < 4.78 is 39.1. The summed E-state index contributed by atoms with van der Waals surface area (Å²) in [6.45, 7) is 3.59. The zero-order valence-electron chi connectivity index (χ0n) is 11.9. The van der Waals surface area contributed by atoms with Crippen LogP contribution in [-0.2, 0) is 6.18 Å². The lowest BCUT2D eigenvalue weighted by Crippen LogP contribution is -2.13. The molecule has 7 heteroatoms. The minimum atomic E-state index is -4.58. The Balaban J connectivity index is 2.26. The van der Waals surface area contributed by atoms with Gasteiger partial charge in [0.2, 0.25) is 5.82 Å². The van der Waals surface area contributed by atoms with Gasteiger partial charge in [0.05, 0.1) is 5.69 Å². The topological polar surface area (TPSA) is 54.5 Å². The number of H-pyrrole nitrogens is 1. The Hall–Kier alpha value is -2.44. The van der Waals surface area contributed by atoms with Crippen molar-refractivity contribution in [1.82, 2.24) is 19.9 Å². The standard InChI is InChI=1S/C15H13F3N4/c1-8(2)11-7-12(22-14(21-11)15(16,17)18)9-3-5-19-13-10(9)4-6-20-13/h3-8H,1-2H3,(H,19,20). The minimum Gasteiger partial charge on any atom is -0.346 e. The molecule has 0 atom stereocenters. The van der Waals surface area contributed by atoms with Gasteiger partial charge in [-0.3, -0.25) is 0 Å².